The molecule has 0 bridgehead atoms. The maximum Gasteiger partial charge on any atom is 0.260 e. The van der Waals surface area contributed by atoms with Gasteiger partial charge in [-0.3, -0.25) is 9.78 Å². The summed E-state index contributed by atoms with van der Waals surface area (Å²) in [5, 5.41) is 0. The van der Waals surface area contributed by atoms with Crippen LogP contribution in [0.5, 0.6) is 0 Å². The van der Waals surface area contributed by atoms with Gasteiger partial charge in [0, 0.05) is 29.0 Å². The zero-order chi connectivity index (χ0) is 18.8. The predicted octanol–water partition coefficient (Wildman–Crippen LogP) is 4.03. The number of hydrogen-bond acceptors (Lipinski definition) is 4. The number of benzene rings is 1. The molecule has 0 atom stereocenters. The first kappa shape index (κ1) is 18.1. The molecule has 0 radical (unpaired) electrons. The molecule has 1 aliphatic heterocycles. The number of aromatic nitrogens is 2. The van der Waals surface area contributed by atoms with Crippen molar-refractivity contribution in [3.8, 4) is 0 Å². The van der Waals surface area contributed by atoms with Gasteiger partial charge in [-0.25, -0.2) is 0 Å². The molecule has 0 unspecified atom stereocenters. The number of carbonyl (C=O) groups excluding carboxylic acids is 1. The molecule has 2 aromatic heterocycles. The van der Waals surface area contributed by atoms with E-state index in [2.05, 4.69) is 40.3 Å². The van der Waals surface area contributed by atoms with Crippen LogP contribution < -0.4 is 4.90 Å². The molecular weight excluding hydrogens is 356 g/mol. The lowest BCUT2D eigenvalue weighted by Crippen LogP contribution is -2.47. The maximum atomic E-state index is 13.5. The van der Waals surface area contributed by atoms with Gasteiger partial charge in [0.05, 0.1) is 16.6 Å². The Morgan fingerprint density at radius 2 is 2.07 bits per heavy atom. The second-order valence-electron chi connectivity index (χ2n) is 7.05. The number of rotatable bonds is 4. The highest BCUT2D eigenvalue weighted by molar-refractivity contribution is 7.98. The lowest BCUT2D eigenvalue weighted by atomic mass is 10.0. The molecule has 3 aromatic rings. The minimum atomic E-state index is 0.0202. The van der Waals surface area contributed by atoms with Crippen LogP contribution in [0, 0.1) is 0 Å². The fourth-order valence-electron chi connectivity index (χ4n) is 3.70. The Labute approximate surface area is 163 Å². The highest BCUT2D eigenvalue weighted by Gasteiger charge is 2.29. The number of carbonyl (C=O) groups is 1. The summed E-state index contributed by atoms with van der Waals surface area (Å²) in [5.74, 6) is 0.0202. The first-order valence-corrected chi connectivity index (χ1v) is 10.5. The number of likely N-dealkylation sites (tertiary alicyclic amines) is 1. The Bertz CT molecular complexity index is 946. The first-order valence-electron chi connectivity index (χ1n) is 9.25. The molecule has 1 aliphatic rings. The zero-order valence-corrected chi connectivity index (χ0v) is 16.5. The van der Waals surface area contributed by atoms with Crippen molar-refractivity contribution in [1.82, 2.24) is 14.9 Å². The molecule has 3 heterocycles. The van der Waals surface area contributed by atoms with E-state index in [1.807, 2.05) is 35.4 Å². The number of pyridine rings is 1. The van der Waals surface area contributed by atoms with Crippen LogP contribution in [0.4, 0.5) is 5.69 Å². The second kappa shape index (κ2) is 7.74. The monoisotopic (exact) mass is 380 g/mol. The summed E-state index contributed by atoms with van der Waals surface area (Å²) in [7, 11) is 2.14. The fourth-order valence-corrected chi connectivity index (χ4v) is 4.15. The van der Waals surface area contributed by atoms with Gasteiger partial charge in [0.2, 0.25) is 0 Å². The van der Waals surface area contributed by atoms with Crippen LogP contribution in [0.15, 0.2) is 53.7 Å². The maximum absolute atomic E-state index is 13.5. The number of anilines is 1. The number of nitrogens with one attached hydrogen (secondary N) is 1. The van der Waals surface area contributed by atoms with Gasteiger partial charge >= 0.3 is 0 Å². The Kier molecular flexibility index (Phi) is 5.18. The van der Waals surface area contributed by atoms with E-state index >= 15 is 0 Å². The highest BCUT2D eigenvalue weighted by Crippen LogP contribution is 2.29. The number of aromatic amines is 1. The number of thioether (sulfide) groups is 1. The number of hydrogen-bond donors (Lipinski definition) is 1. The average molecular weight is 381 g/mol. The highest BCUT2D eigenvalue weighted by atomic mass is 32.2. The molecule has 0 spiro atoms. The Morgan fingerprint density at radius 1 is 1.26 bits per heavy atom. The Morgan fingerprint density at radius 3 is 2.85 bits per heavy atom. The molecule has 0 saturated carbocycles. The van der Waals surface area contributed by atoms with Crippen LogP contribution in [0.3, 0.4) is 0 Å². The topological polar surface area (TPSA) is 52.2 Å². The molecule has 6 heteroatoms. The molecule has 0 aliphatic carbocycles. The summed E-state index contributed by atoms with van der Waals surface area (Å²) < 4.78 is 0. The number of H-pyrrole nitrogens is 1. The average Bonchev–Trinajstić information content (AvgIpc) is 3.17. The van der Waals surface area contributed by atoms with Crippen LogP contribution in [-0.4, -0.2) is 53.2 Å². The zero-order valence-electron chi connectivity index (χ0n) is 15.7. The van der Waals surface area contributed by atoms with Crippen LogP contribution in [-0.2, 0) is 0 Å². The van der Waals surface area contributed by atoms with Gasteiger partial charge < -0.3 is 14.8 Å². The molecule has 1 amide bonds. The van der Waals surface area contributed by atoms with Gasteiger partial charge in [-0.2, -0.15) is 0 Å². The van der Waals surface area contributed by atoms with Crippen molar-refractivity contribution in [3.63, 3.8) is 0 Å². The third-order valence-electron chi connectivity index (χ3n) is 5.25. The summed E-state index contributed by atoms with van der Waals surface area (Å²) in [5.41, 5.74) is 3.36. The van der Waals surface area contributed by atoms with Crippen molar-refractivity contribution >= 4 is 34.4 Å². The van der Waals surface area contributed by atoms with Crippen LogP contribution >= 0.6 is 11.8 Å². The van der Waals surface area contributed by atoms with E-state index in [9.17, 15) is 4.79 Å². The number of fused-ring (bicyclic) bond motifs is 1. The molecule has 27 heavy (non-hydrogen) atoms. The summed E-state index contributed by atoms with van der Waals surface area (Å²) in [4.78, 5) is 26.6. The fraction of sp³-hybridized carbons (Fsp3) is 0.333. The van der Waals surface area contributed by atoms with E-state index < -0.39 is 0 Å². The van der Waals surface area contributed by atoms with Gasteiger partial charge in [-0.05, 0) is 69.6 Å². The molecule has 1 saturated heterocycles. The molecule has 1 N–H and O–H groups in total. The third-order valence-corrected chi connectivity index (χ3v) is 5.97. The normalized spacial score (nSPS) is 15.9. The van der Waals surface area contributed by atoms with Crippen molar-refractivity contribution < 1.29 is 4.79 Å². The van der Waals surface area contributed by atoms with Gasteiger partial charge in [0.1, 0.15) is 0 Å². The summed E-state index contributed by atoms with van der Waals surface area (Å²) in [6.07, 6.45) is 7.55. The largest absolute Gasteiger partial charge is 0.360 e. The first-order chi connectivity index (χ1) is 13.2. The van der Waals surface area contributed by atoms with Gasteiger partial charge in [0.15, 0.2) is 0 Å². The van der Waals surface area contributed by atoms with Crippen molar-refractivity contribution in [3.05, 3.63) is 54.4 Å². The van der Waals surface area contributed by atoms with Crippen molar-refractivity contribution in [2.24, 2.45) is 0 Å². The van der Waals surface area contributed by atoms with Crippen molar-refractivity contribution in [1.29, 1.82) is 0 Å². The van der Waals surface area contributed by atoms with Crippen LogP contribution in [0.25, 0.3) is 11.0 Å². The lowest BCUT2D eigenvalue weighted by Gasteiger charge is -2.37. The van der Waals surface area contributed by atoms with Crippen molar-refractivity contribution in [2.45, 2.75) is 23.8 Å². The molecule has 5 nitrogen and oxygen atoms in total. The summed E-state index contributed by atoms with van der Waals surface area (Å²) in [6, 6.07) is 12.3. The number of amides is 1. The molecular formula is C21H24N4OS. The Hall–Kier alpha value is -2.31. The van der Waals surface area contributed by atoms with Gasteiger partial charge in [0.25, 0.3) is 5.91 Å². The Balaban J connectivity index is 1.72. The van der Waals surface area contributed by atoms with E-state index in [1.165, 1.54) is 0 Å². The summed E-state index contributed by atoms with van der Waals surface area (Å²) in [6.45, 7) is 2.01. The molecule has 1 aromatic carbocycles. The molecule has 4 rings (SSSR count). The minimum absolute atomic E-state index is 0.0202. The smallest absolute Gasteiger partial charge is 0.260 e. The van der Waals surface area contributed by atoms with E-state index in [4.69, 9.17) is 0 Å². The molecule has 140 valence electrons. The summed E-state index contributed by atoms with van der Waals surface area (Å²) >= 11 is 1.69. The minimum Gasteiger partial charge on any atom is -0.360 e. The third kappa shape index (κ3) is 3.73. The van der Waals surface area contributed by atoms with Crippen molar-refractivity contribution in [2.75, 3.05) is 31.3 Å². The van der Waals surface area contributed by atoms with Crippen LogP contribution in [0.2, 0.25) is 0 Å². The van der Waals surface area contributed by atoms with Gasteiger partial charge in [-0.1, -0.05) is 6.07 Å². The number of piperidine rings is 1. The van der Waals surface area contributed by atoms with Gasteiger partial charge in [-0.15, -0.1) is 11.8 Å². The SMILES string of the molecule is CSc1cccc(N(C(=O)c2cnc3cc[nH]c3c2)C2CCN(C)CC2)c1. The van der Waals surface area contributed by atoms with E-state index in [0.717, 1.165) is 47.5 Å². The second-order valence-corrected chi connectivity index (χ2v) is 7.93. The predicted molar refractivity (Wildman–Crippen MR) is 112 cm³/mol. The molecule has 1 fully saturated rings. The van der Waals surface area contributed by atoms with E-state index in [1.54, 1.807) is 18.0 Å². The quantitative estimate of drug-likeness (QED) is 0.695. The van der Waals surface area contributed by atoms with Crippen LogP contribution in [0.1, 0.15) is 23.2 Å². The van der Waals surface area contributed by atoms with E-state index in [-0.39, 0.29) is 11.9 Å². The standard InChI is InChI=1S/C21H24N4OS/c1-24-10-7-16(8-11-24)25(17-4-3-5-18(13-17)27-2)21(26)15-12-20-19(23-14-15)6-9-22-20/h3-6,9,12-14,16,22H,7-8,10-11H2,1-2H3. The number of nitrogens with zero attached hydrogens (tertiary/aromatic N) is 3. The lowest BCUT2D eigenvalue weighted by molar-refractivity contribution is 0.0963. The van der Waals surface area contributed by atoms with E-state index in [0.29, 0.717) is 5.56 Å².